The second kappa shape index (κ2) is 17.5. The van der Waals surface area contributed by atoms with Crippen molar-refractivity contribution in [3.05, 3.63) is 223 Å². The van der Waals surface area contributed by atoms with Crippen LogP contribution in [-0.4, -0.2) is 14.5 Å². The maximum Gasteiger partial charge on any atom is 0.135 e. The van der Waals surface area contributed by atoms with E-state index in [1.807, 2.05) is 42.5 Å². The van der Waals surface area contributed by atoms with Crippen LogP contribution in [-0.2, 0) is 20.1 Å². The van der Waals surface area contributed by atoms with Gasteiger partial charge >= 0.3 is 0 Å². The molecule has 64 heavy (non-hydrogen) atoms. The second-order valence-corrected chi connectivity index (χ2v) is 16.6. The van der Waals surface area contributed by atoms with Gasteiger partial charge in [0, 0.05) is 48.2 Å². The monoisotopic (exact) mass is 1020 g/mol. The van der Waals surface area contributed by atoms with Crippen molar-refractivity contribution in [3.8, 4) is 61.7 Å². The van der Waals surface area contributed by atoms with Crippen molar-refractivity contribution in [2.24, 2.45) is 0 Å². The standard InChI is InChI=1S/C47H31N2OS.C11H8N.Ir/c1-29-17-20-35-38-26-33(18-21-43(38)50-44(35)25-29)34-19-22-45-39(27-34)40(28-51-45)47-48-41-15-9-10-16-42(41)49(47)46-36(31-11-5-3-6-12-31)23-30(2)24-37(46)32-13-7-4-8-14-32;1-2-6-10(7-3-1)11-8-4-5-9-12-11;/h3-27H,1-2H3;1-6,8-9H;/q2*-1;. The van der Waals surface area contributed by atoms with Gasteiger partial charge in [0.25, 0.3) is 0 Å². The number of aromatic nitrogens is 3. The van der Waals surface area contributed by atoms with Gasteiger partial charge in [-0.15, -0.1) is 41.3 Å². The van der Waals surface area contributed by atoms with Crippen molar-refractivity contribution < 1.29 is 24.5 Å². The fourth-order valence-corrected chi connectivity index (χ4v) is 9.40. The molecule has 4 aromatic heterocycles. The Morgan fingerprint density at radius 3 is 1.95 bits per heavy atom. The van der Waals surface area contributed by atoms with E-state index in [1.165, 1.54) is 15.8 Å². The summed E-state index contributed by atoms with van der Waals surface area (Å²) in [6.07, 6.45) is 1.79. The van der Waals surface area contributed by atoms with Gasteiger partial charge in [-0.1, -0.05) is 137 Å². The number of fused-ring (bicyclic) bond motifs is 5. The molecule has 0 saturated heterocycles. The number of imidazole rings is 1. The minimum Gasteiger partial charge on any atom is -0.456 e. The van der Waals surface area contributed by atoms with Crippen molar-refractivity contribution in [3.63, 3.8) is 0 Å². The number of thiophene rings is 1. The summed E-state index contributed by atoms with van der Waals surface area (Å²) in [4.78, 5) is 9.59. The molecule has 0 bridgehead atoms. The fraction of sp³-hybridized carbons (Fsp3) is 0.0345. The largest absolute Gasteiger partial charge is 0.456 e. The number of hydrogen-bond acceptors (Lipinski definition) is 4. The Morgan fingerprint density at radius 1 is 0.547 bits per heavy atom. The molecule has 0 aliphatic heterocycles. The number of nitrogens with zero attached hydrogens (tertiary/aromatic N) is 3. The van der Waals surface area contributed by atoms with Crippen LogP contribution in [0.1, 0.15) is 11.1 Å². The van der Waals surface area contributed by atoms with Gasteiger partial charge < -0.3 is 14.0 Å². The Morgan fingerprint density at radius 2 is 1.23 bits per heavy atom. The summed E-state index contributed by atoms with van der Waals surface area (Å²) in [5.41, 5.74) is 17.3. The van der Waals surface area contributed by atoms with Gasteiger partial charge in [0.05, 0.1) is 22.5 Å². The first-order chi connectivity index (χ1) is 31.1. The van der Waals surface area contributed by atoms with Crippen LogP contribution in [0.4, 0.5) is 0 Å². The number of para-hydroxylation sites is 2. The summed E-state index contributed by atoms with van der Waals surface area (Å²) < 4.78 is 9.76. The van der Waals surface area contributed by atoms with E-state index in [1.54, 1.807) is 17.5 Å². The third kappa shape index (κ3) is 7.67. The molecule has 6 heteroatoms. The van der Waals surface area contributed by atoms with Crippen LogP contribution in [0.2, 0.25) is 0 Å². The van der Waals surface area contributed by atoms with Gasteiger partial charge in [0.1, 0.15) is 11.2 Å². The third-order valence-electron chi connectivity index (χ3n) is 11.6. The molecule has 0 saturated carbocycles. The van der Waals surface area contributed by atoms with Gasteiger partial charge in [-0.25, -0.2) is 0 Å². The van der Waals surface area contributed by atoms with E-state index < -0.39 is 0 Å². The van der Waals surface area contributed by atoms with Crippen molar-refractivity contribution in [1.82, 2.24) is 14.5 Å². The van der Waals surface area contributed by atoms with E-state index >= 15 is 0 Å². The molecule has 4 nitrogen and oxygen atoms in total. The molecule has 0 N–H and O–H groups in total. The average molecular weight is 1020 g/mol. The molecule has 0 aliphatic carbocycles. The van der Waals surface area contributed by atoms with E-state index in [0.717, 1.165) is 100 Å². The van der Waals surface area contributed by atoms with Crippen molar-refractivity contribution >= 4 is 54.4 Å². The summed E-state index contributed by atoms with van der Waals surface area (Å²) in [5, 5.41) is 7.11. The number of hydrogen-bond donors (Lipinski definition) is 0. The van der Waals surface area contributed by atoms with Gasteiger partial charge in [-0.05, 0) is 101 Å². The van der Waals surface area contributed by atoms with E-state index in [2.05, 4.69) is 187 Å². The molecule has 0 fully saturated rings. The number of pyridine rings is 1. The van der Waals surface area contributed by atoms with Gasteiger partial charge in [-0.2, -0.15) is 0 Å². The van der Waals surface area contributed by atoms with E-state index in [-0.39, 0.29) is 20.1 Å². The predicted molar refractivity (Wildman–Crippen MR) is 262 cm³/mol. The smallest absolute Gasteiger partial charge is 0.135 e. The molecule has 0 amide bonds. The van der Waals surface area contributed by atoms with Crippen LogP contribution in [0, 0.1) is 25.3 Å². The number of benzene rings is 8. The Hall–Kier alpha value is -7.21. The topological polar surface area (TPSA) is 43.9 Å². The molecule has 0 spiro atoms. The molecule has 8 aromatic carbocycles. The maximum atomic E-state index is 6.22. The van der Waals surface area contributed by atoms with Gasteiger partial charge in [0.2, 0.25) is 0 Å². The van der Waals surface area contributed by atoms with Crippen molar-refractivity contribution in [2.75, 3.05) is 0 Å². The average Bonchev–Trinajstić information content (AvgIpc) is 4.05. The van der Waals surface area contributed by atoms with Crippen LogP contribution in [0.5, 0.6) is 0 Å². The summed E-state index contributed by atoms with van der Waals surface area (Å²) >= 11 is 1.64. The minimum atomic E-state index is 0. The second-order valence-electron chi connectivity index (χ2n) is 15.8. The van der Waals surface area contributed by atoms with Crippen LogP contribution in [0.25, 0.3) is 105 Å². The van der Waals surface area contributed by atoms with Crippen molar-refractivity contribution in [1.29, 1.82) is 0 Å². The Kier molecular flexibility index (Phi) is 11.2. The Bertz CT molecular complexity index is 3480. The number of furan rings is 1. The molecule has 0 atom stereocenters. The predicted octanol–water partition coefficient (Wildman–Crippen LogP) is 15.8. The zero-order valence-corrected chi connectivity index (χ0v) is 38.3. The van der Waals surface area contributed by atoms with Gasteiger partial charge in [-0.3, -0.25) is 16.3 Å². The minimum absolute atomic E-state index is 0. The normalized spacial score (nSPS) is 11.2. The summed E-state index contributed by atoms with van der Waals surface area (Å²) in [7, 11) is 0. The Labute approximate surface area is 389 Å². The molecule has 0 unspecified atom stereocenters. The molecular weight excluding hydrogens is 979 g/mol. The van der Waals surface area contributed by atoms with Crippen LogP contribution in [0.3, 0.4) is 0 Å². The first-order valence-electron chi connectivity index (χ1n) is 21.0. The zero-order valence-electron chi connectivity index (χ0n) is 35.0. The van der Waals surface area contributed by atoms with E-state index in [0.29, 0.717) is 0 Å². The van der Waals surface area contributed by atoms with E-state index in [9.17, 15) is 0 Å². The third-order valence-corrected chi connectivity index (χ3v) is 12.4. The molecular formula is C58H39IrN3OS-2. The van der Waals surface area contributed by atoms with Crippen LogP contribution >= 0.6 is 11.3 Å². The first kappa shape index (κ1) is 40.8. The molecule has 1 radical (unpaired) electrons. The van der Waals surface area contributed by atoms with E-state index in [4.69, 9.17) is 9.40 Å². The fourth-order valence-electron chi connectivity index (χ4n) is 8.58. The summed E-state index contributed by atoms with van der Waals surface area (Å²) in [6, 6.07) is 71.0. The van der Waals surface area contributed by atoms with Crippen LogP contribution in [0.15, 0.2) is 205 Å². The van der Waals surface area contributed by atoms with Crippen molar-refractivity contribution in [2.45, 2.75) is 13.8 Å². The first-order valence-corrected chi connectivity index (χ1v) is 21.9. The number of aryl methyl sites for hydroxylation is 2. The quantitative estimate of drug-likeness (QED) is 0.156. The summed E-state index contributed by atoms with van der Waals surface area (Å²) in [6.45, 7) is 4.28. The zero-order chi connectivity index (χ0) is 42.3. The molecule has 0 aliphatic rings. The molecule has 12 rings (SSSR count). The van der Waals surface area contributed by atoms with Gasteiger partial charge in [0.15, 0.2) is 0 Å². The molecule has 12 aromatic rings. The number of rotatable bonds is 6. The SMILES string of the molecule is Cc1cc(-c2ccccc2)c(-n2c(-c3[c-]sc4ccc(-c5ccc6oc7cc(C)ccc7c6c5)cc34)nc3ccccc32)c(-c2ccccc2)c1.[Ir].[c-]1ccccc1-c1ccccn1. The molecule has 4 heterocycles. The maximum absolute atomic E-state index is 6.22. The molecule has 309 valence electrons. The Balaban J connectivity index is 0.000000323. The summed E-state index contributed by atoms with van der Waals surface area (Å²) in [5.74, 6) is 0.879. The van der Waals surface area contributed by atoms with Crippen LogP contribution < -0.4 is 0 Å².